The van der Waals surface area contributed by atoms with Crippen LogP contribution in [0.1, 0.15) is 25.0 Å². The van der Waals surface area contributed by atoms with Crippen LogP contribution >= 0.6 is 0 Å². The number of aromatic nitrogens is 3. The minimum atomic E-state index is -0.260. The molecule has 1 aliphatic rings. The Morgan fingerprint density at radius 3 is 1.55 bits per heavy atom. The van der Waals surface area contributed by atoms with E-state index < -0.39 is 0 Å². The van der Waals surface area contributed by atoms with Gasteiger partial charge in [-0.3, -0.25) is 0 Å². The Morgan fingerprint density at radius 1 is 0.383 bits per heavy atom. The molecule has 282 valence electrons. The van der Waals surface area contributed by atoms with E-state index in [1.807, 2.05) is 18.2 Å². The Balaban J connectivity index is 1.03. The zero-order valence-corrected chi connectivity index (χ0v) is 33.4. The summed E-state index contributed by atoms with van der Waals surface area (Å²) in [6, 6.07) is 72.1. The molecule has 0 bridgehead atoms. The summed E-state index contributed by atoms with van der Waals surface area (Å²) >= 11 is 0. The fourth-order valence-electron chi connectivity index (χ4n) is 10.1. The summed E-state index contributed by atoms with van der Waals surface area (Å²) < 4.78 is 2.50. The van der Waals surface area contributed by atoms with Gasteiger partial charge in [0.05, 0.1) is 22.4 Å². The van der Waals surface area contributed by atoms with E-state index in [0.717, 1.165) is 33.8 Å². The lowest BCUT2D eigenvalue weighted by atomic mass is 9.78. The van der Waals surface area contributed by atoms with Crippen molar-refractivity contribution in [1.82, 2.24) is 14.5 Å². The van der Waals surface area contributed by atoms with Crippen LogP contribution < -0.4 is 0 Å². The molecule has 0 aliphatic heterocycles. The average molecular weight is 766 g/mol. The van der Waals surface area contributed by atoms with Crippen LogP contribution in [0, 0.1) is 0 Å². The number of hydrogen-bond acceptors (Lipinski definition) is 2. The van der Waals surface area contributed by atoms with Crippen LogP contribution in [0.4, 0.5) is 0 Å². The number of benzene rings is 9. The van der Waals surface area contributed by atoms with E-state index >= 15 is 0 Å². The Bertz CT molecular complexity index is 3470. The van der Waals surface area contributed by atoms with Crippen molar-refractivity contribution in [2.45, 2.75) is 19.3 Å². The number of rotatable bonds is 5. The van der Waals surface area contributed by atoms with E-state index in [1.54, 1.807) is 0 Å². The lowest BCUT2D eigenvalue weighted by Gasteiger charge is -2.25. The maximum atomic E-state index is 5.18. The highest BCUT2D eigenvalue weighted by Gasteiger charge is 2.41. The van der Waals surface area contributed by atoms with Crippen molar-refractivity contribution in [3.05, 3.63) is 211 Å². The molecule has 60 heavy (non-hydrogen) atoms. The van der Waals surface area contributed by atoms with Crippen LogP contribution in [0.15, 0.2) is 200 Å². The Morgan fingerprint density at radius 2 is 0.883 bits per heavy atom. The molecule has 2 heterocycles. The van der Waals surface area contributed by atoms with Gasteiger partial charge in [0.15, 0.2) is 5.82 Å². The highest BCUT2D eigenvalue weighted by Crippen LogP contribution is 2.57. The molecule has 0 fully saturated rings. The van der Waals surface area contributed by atoms with Crippen LogP contribution in [0.25, 0.3) is 105 Å². The first kappa shape index (κ1) is 34.4. The first-order valence-corrected chi connectivity index (χ1v) is 20.7. The summed E-state index contributed by atoms with van der Waals surface area (Å²) in [6.45, 7) is 4.85. The first-order valence-electron chi connectivity index (χ1n) is 20.7. The summed E-state index contributed by atoms with van der Waals surface area (Å²) in [4.78, 5) is 10.3. The number of para-hydroxylation sites is 1. The Labute approximate surface area is 348 Å². The largest absolute Gasteiger partial charge is 0.309 e. The fraction of sp³-hybridized carbons (Fsp3) is 0.0526. The van der Waals surface area contributed by atoms with Crippen molar-refractivity contribution in [1.29, 1.82) is 0 Å². The van der Waals surface area contributed by atoms with Gasteiger partial charge in [-0.2, -0.15) is 0 Å². The van der Waals surface area contributed by atoms with Gasteiger partial charge >= 0.3 is 0 Å². The molecule has 3 heteroatoms. The molecule has 9 aromatic carbocycles. The van der Waals surface area contributed by atoms with Gasteiger partial charge in [0, 0.05) is 38.6 Å². The summed E-state index contributed by atoms with van der Waals surface area (Å²) in [5, 5.41) is 7.79. The van der Waals surface area contributed by atoms with E-state index in [-0.39, 0.29) is 5.41 Å². The fourth-order valence-corrected chi connectivity index (χ4v) is 10.1. The monoisotopic (exact) mass is 765 g/mol. The van der Waals surface area contributed by atoms with Crippen LogP contribution in [0.3, 0.4) is 0 Å². The number of hydrogen-bond donors (Lipinski definition) is 0. The molecule has 11 aromatic rings. The van der Waals surface area contributed by atoms with Crippen LogP contribution in [0.5, 0.6) is 0 Å². The predicted molar refractivity (Wildman–Crippen MR) is 251 cm³/mol. The van der Waals surface area contributed by atoms with Gasteiger partial charge in [-0.05, 0) is 79.2 Å². The Kier molecular flexibility index (Phi) is 7.58. The molecule has 2 aromatic heterocycles. The highest BCUT2D eigenvalue weighted by molar-refractivity contribution is 6.21. The van der Waals surface area contributed by atoms with Crippen LogP contribution in [0.2, 0.25) is 0 Å². The van der Waals surface area contributed by atoms with Crippen molar-refractivity contribution in [3.8, 4) is 61.8 Å². The molecular formula is C57H39N3. The van der Waals surface area contributed by atoms with Crippen LogP contribution in [-0.2, 0) is 5.41 Å². The lowest BCUT2D eigenvalue weighted by Crippen LogP contribution is -2.17. The first-order chi connectivity index (χ1) is 29.5. The van der Waals surface area contributed by atoms with Gasteiger partial charge < -0.3 is 4.57 Å². The van der Waals surface area contributed by atoms with E-state index in [1.165, 1.54) is 76.7 Å². The van der Waals surface area contributed by atoms with Gasteiger partial charge in [-0.1, -0.05) is 190 Å². The minimum Gasteiger partial charge on any atom is -0.309 e. The van der Waals surface area contributed by atoms with Gasteiger partial charge in [-0.15, -0.1) is 0 Å². The highest BCUT2D eigenvalue weighted by atomic mass is 15.0. The molecule has 0 spiro atoms. The van der Waals surface area contributed by atoms with Crippen molar-refractivity contribution in [2.24, 2.45) is 0 Å². The standard InChI is InChI=1S/C57H39N3/c1-57(2)53-46-23-12-10-20-43(46)42-19-9-11-22-45(42)52(53)48-34-33-47-44-21-13-14-24-51(44)60(55(47)54(48)57)41-31-29-39(30-32-41)50-35-49(58-56(59-50)40-17-7-4-8-18-40)38-27-25-37(26-28-38)36-15-5-3-6-16-36/h3-35H,1-2H3. The summed E-state index contributed by atoms with van der Waals surface area (Å²) in [5.41, 5.74) is 16.0. The van der Waals surface area contributed by atoms with Crippen molar-refractivity contribution in [3.63, 3.8) is 0 Å². The molecule has 0 atom stereocenters. The summed E-state index contributed by atoms with van der Waals surface area (Å²) in [5.74, 6) is 0.708. The third-order valence-corrected chi connectivity index (χ3v) is 12.8. The molecule has 0 saturated carbocycles. The van der Waals surface area contributed by atoms with E-state index in [2.05, 4.69) is 200 Å². The molecule has 0 saturated heterocycles. The van der Waals surface area contributed by atoms with Crippen molar-refractivity contribution >= 4 is 43.4 Å². The summed E-state index contributed by atoms with van der Waals surface area (Å²) in [7, 11) is 0. The summed E-state index contributed by atoms with van der Waals surface area (Å²) in [6.07, 6.45) is 0. The molecule has 0 N–H and O–H groups in total. The topological polar surface area (TPSA) is 30.7 Å². The molecule has 3 nitrogen and oxygen atoms in total. The second kappa shape index (κ2) is 13.2. The molecule has 0 radical (unpaired) electrons. The van der Waals surface area contributed by atoms with E-state index in [9.17, 15) is 0 Å². The maximum Gasteiger partial charge on any atom is 0.160 e. The lowest BCUT2D eigenvalue weighted by molar-refractivity contribution is 0.670. The average Bonchev–Trinajstić information content (AvgIpc) is 3.78. The molecular weight excluding hydrogens is 727 g/mol. The molecule has 12 rings (SSSR count). The van der Waals surface area contributed by atoms with E-state index in [0.29, 0.717) is 5.82 Å². The zero-order chi connectivity index (χ0) is 40.0. The third-order valence-electron chi connectivity index (χ3n) is 12.8. The van der Waals surface area contributed by atoms with Gasteiger partial charge in [0.25, 0.3) is 0 Å². The SMILES string of the molecule is CC1(C)c2c(c3ccccc3c3ccccc23)-c2ccc3c4ccccc4n(-c4ccc(-c5cc(-c6ccc(-c7ccccc7)cc6)nc(-c6ccccc6)n5)cc4)c3c21. The van der Waals surface area contributed by atoms with Gasteiger partial charge in [0.2, 0.25) is 0 Å². The predicted octanol–water partition coefficient (Wildman–Crippen LogP) is 14.9. The van der Waals surface area contributed by atoms with Gasteiger partial charge in [0.1, 0.15) is 0 Å². The Hall–Kier alpha value is -7.62. The second-order valence-electron chi connectivity index (χ2n) is 16.5. The molecule has 0 unspecified atom stereocenters. The van der Waals surface area contributed by atoms with E-state index in [4.69, 9.17) is 9.97 Å². The molecule has 0 amide bonds. The number of fused-ring (bicyclic) bond motifs is 12. The number of nitrogens with zero attached hydrogens (tertiary/aromatic N) is 3. The van der Waals surface area contributed by atoms with Crippen LogP contribution in [-0.4, -0.2) is 14.5 Å². The maximum absolute atomic E-state index is 5.18. The smallest absolute Gasteiger partial charge is 0.160 e. The normalized spacial score (nSPS) is 13.0. The minimum absolute atomic E-state index is 0.260. The quantitative estimate of drug-likeness (QED) is 0.163. The second-order valence-corrected chi connectivity index (χ2v) is 16.5. The third kappa shape index (κ3) is 5.15. The van der Waals surface area contributed by atoms with Crippen molar-refractivity contribution < 1.29 is 0 Å². The molecule has 1 aliphatic carbocycles. The zero-order valence-electron chi connectivity index (χ0n) is 33.4. The van der Waals surface area contributed by atoms with Gasteiger partial charge in [-0.25, -0.2) is 9.97 Å². The van der Waals surface area contributed by atoms with Crippen molar-refractivity contribution in [2.75, 3.05) is 0 Å².